The largest absolute Gasteiger partial charge is 0.437 e. The standard InChI is InChI=1S/C13H14BrN3O/c1-3-15-13-16-8-9(2)12(17-13)18-11-7-5-4-6-10(11)14/h4-8H,3H2,1-2H3,(H,15,16,17). The molecule has 1 aromatic heterocycles. The molecule has 0 aliphatic heterocycles. The van der Waals surface area contributed by atoms with Crippen LogP contribution in [0.4, 0.5) is 5.95 Å². The molecule has 94 valence electrons. The predicted molar refractivity (Wildman–Crippen MR) is 75.1 cm³/mol. The Morgan fingerprint density at radius 2 is 2.11 bits per heavy atom. The van der Waals surface area contributed by atoms with E-state index in [4.69, 9.17) is 4.74 Å². The van der Waals surface area contributed by atoms with E-state index in [0.29, 0.717) is 11.8 Å². The maximum atomic E-state index is 5.79. The van der Waals surface area contributed by atoms with Gasteiger partial charge in [-0.3, -0.25) is 0 Å². The lowest BCUT2D eigenvalue weighted by molar-refractivity contribution is 0.455. The molecule has 0 aliphatic carbocycles. The smallest absolute Gasteiger partial charge is 0.227 e. The summed E-state index contributed by atoms with van der Waals surface area (Å²) < 4.78 is 6.69. The Bertz CT molecular complexity index is 546. The molecule has 0 amide bonds. The van der Waals surface area contributed by atoms with Crippen molar-refractivity contribution in [1.82, 2.24) is 9.97 Å². The van der Waals surface area contributed by atoms with Crippen LogP contribution in [0.5, 0.6) is 11.6 Å². The Morgan fingerprint density at radius 1 is 1.33 bits per heavy atom. The molecule has 0 aliphatic rings. The summed E-state index contributed by atoms with van der Waals surface area (Å²) in [6, 6.07) is 7.67. The maximum Gasteiger partial charge on any atom is 0.227 e. The number of aryl methyl sites for hydroxylation is 1. The molecule has 0 bridgehead atoms. The molecule has 5 heteroatoms. The molecule has 1 aromatic carbocycles. The monoisotopic (exact) mass is 307 g/mol. The highest BCUT2D eigenvalue weighted by atomic mass is 79.9. The van der Waals surface area contributed by atoms with Crippen LogP contribution in [0.2, 0.25) is 0 Å². The second-order valence-electron chi connectivity index (χ2n) is 3.74. The van der Waals surface area contributed by atoms with Gasteiger partial charge in [0, 0.05) is 18.3 Å². The summed E-state index contributed by atoms with van der Waals surface area (Å²) in [6.45, 7) is 4.69. The summed E-state index contributed by atoms with van der Waals surface area (Å²) in [5.41, 5.74) is 0.896. The zero-order valence-electron chi connectivity index (χ0n) is 10.3. The van der Waals surface area contributed by atoms with E-state index in [0.717, 1.165) is 22.3 Å². The van der Waals surface area contributed by atoms with Gasteiger partial charge in [0.25, 0.3) is 0 Å². The zero-order chi connectivity index (χ0) is 13.0. The number of benzene rings is 1. The molecule has 1 N–H and O–H groups in total. The number of anilines is 1. The van der Waals surface area contributed by atoms with E-state index in [1.807, 2.05) is 38.1 Å². The molecule has 0 radical (unpaired) electrons. The molecule has 0 saturated heterocycles. The number of rotatable bonds is 4. The van der Waals surface area contributed by atoms with Gasteiger partial charge in [0.05, 0.1) is 4.47 Å². The summed E-state index contributed by atoms with van der Waals surface area (Å²) in [5, 5.41) is 3.06. The van der Waals surface area contributed by atoms with Gasteiger partial charge in [-0.05, 0) is 41.9 Å². The number of para-hydroxylation sites is 1. The molecule has 0 fully saturated rings. The van der Waals surface area contributed by atoms with E-state index >= 15 is 0 Å². The van der Waals surface area contributed by atoms with Crippen LogP contribution in [-0.2, 0) is 0 Å². The first-order chi connectivity index (χ1) is 8.70. The third-order valence-corrected chi connectivity index (χ3v) is 2.96. The highest BCUT2D eigenvalue weighted by molar-refractivity contribution is 9.10. The van der Waals surface area contributed by atoms with Crippen LogP contribution in [-0.4, -0.2) is 16.5 Å². The molecule has 0 unspecified atom stereocenters. The van der Waals surface area contributed by atoms with Crippen LogP contribution >= 0.6 is 15.9 Å². The number of nitrogens with zero attached hydrogens (tertiary/aromatic N) is 2. The molecule has 0 saturated carbocycles. The topological polar surface area (TPSA) is 47.0 Å². The molecule has 18 heavy (non-hydrogen) atoms. The van der Waals surface area contributed by atoms with Gasteiger partial charge in [0.2, 0.25) is 11.8 Å². The van der Waals surface area contributed by atoms with Crippen molar-refractivity contribution in [1.29, 1.82) is 0 Å². The summed E-state index contributed by atoms with van der Waals surface area (Å²) in [5.74, 6) is 1.87. The minimum Gasteiger partial charge on any atom is -0.437 e. The van der Waals surface area contributed by atoms with Crippen molar-refractivity contribution < 1.29 is 4.74 Å². The van der Waals surface area contributed by atoms with Crippen molar-refractivity contribution >= 4 is 21.9 Å². The average Bonchev–Trinajstić information content (AvgIpc) is 2.36. The van der Waals surface area contributed by atoms with Gasteiger partial charge >= 0.3 is 0 Å². The van der Waals surface area contributed by atoms with Crippen LogP contribution < -0.4 is 10.1 Å². The molecule has 2 aromatic rings. The van der Waals surface area contributed by atoms with Crippen molar-refractivity contribution in [3.05, 3.63) is 40.5 Å². The first-order valence-electron chi connectivity index (χ1n) is 5.70. The van der Waals surface area contributed by atoms with E-state index < -0.39 is 0 Å². The van der Waals surface area contributed by atoms with Gasteiger partial charge in [0.15, 0.2) is 0 Å². The molecule has 4 nitrogen and oxygen atoms in total. The van der Waals surface area contributed by atoms with Crippen molar-refractivity contribution in [2.75, 3.05) is 11.9 Å². The third kappa shape index (κ3) is 2.98. The van der Waals surface area contributed by atoms with Gasteiger partial charge < -0.3 is 10.1 Å². The number of nitrogens with one attached hydrogen (secondary N) is 1. The van der Waals surface area contributed by atoms with Gasteiger partial charge in [0.1, 0.15) is 5.75 Å². The summed E-state index contributed by atoms with van der Waals surface area (Å²) >= 11 is 3.44. The Labute approximate surface area is 115 Å². The fraction of sp³-hybridized carbons (Fsp3) is 0.231. The summed E-state index contributed by atoms with van der Waals surface area (Å²) in [6.07, 6.45) is 1.75. The third-order valence-electron chi connectivity index (χ3n) is 2.30. The number of ether oxygens (including phenoxy) is 1. The highest BCUT2D eigenvalue weighted by Crippen LogP contribution is 2.29. The van der Waals surface area contributed by atoms with Crippen LogP contribution in [0.3, 0.4) is 0 Å². The van der Waals surface area contributed by atoms with Gasteiger partial charge in [-0.15, -0.1) is 0 Å². The molecular weight excluding hydrogens is 294 g/mol. The van der Waals surface area contributed by atoms with Gasteiger partial charge in [-0.25, -0.2) is 4.98 Å². The van der Waals surface area contributed by atoms with E-state index in [-0.39, 0.29) is 0 Å². The first-order valence-corrected chi connectivity index (χ1v) is 6.50. The number of aromatic nitrogens is 2. The fourth-order valence-electron chi connectivity index (χ4n) is 1.40. The lowest BCUT2D eigenvalue weighted by Gasteiger charge is -2.10. The van der Waals surface area contributed by atoms with Crippen LogP contribution in [0.15, 0.2) is 34.9 Å². The quantitative estimate of drug-likeness (QED) is 0.934. The highest BCUT2D eigenvalue weighted by Gasteiger charge is 2.07. The molecule has 0 atom stereocenters. The Hall–Kier alpha value is -1.62. The summed E-state index contributed by atoms with van der Waals surface area (Å²) in [4.78, 5) is 8.51. The minimum atomic E-state index is 0.563. The maximum absolute atomic E-state index is 5.79. The lowest BCUT2D eigenvalue weighted by Crippen LogP contribution is -2.03. The SMILES string of the molecule is CCNc1ncc(C)c(Oc2ccccc2Br)n1. The average molecular weight is 308 g/mol. The number of halogens is 1. The second-order valence-corrected chi connectivity index (χ2v) is 4.60. The van der Waals surface area contributed by atoms with Gasteiger partial charge in [-0.2, -0.15) is 4.98 Å². The van der Waals surface area contributed by atoms with E-state index in [9.17, 15) is 0 Å². The number of hydrogen-bond donors (Lipinski definition) is 1. The van der Waals surface area contributed by atoms with Crippen molar-refractivity contribution in [3.63, 3.8) is 0 Å². The van der Waals surface area contributed by atoms with E-state index in [2.05, 4.69) is 31.2 Å². The molecule has 2 rings (SSSR count). The normalized spacial score (nSPS) is 10.2. The van der Waals surface area contributed by atoms with E-state index in [1.54, 1.807) is 6.20 Å². The predicted octanol–water partition coefficient (Wildman–Crippen LogP) is 3.77. The number of hydrogen-bond acceptors (Lipinski definition) is 4. The molecule has 0 spiro atoms. The lowest BCUT2D eigenvalue weighted by atomic mass is 10.3. The van der Waals surface area contributed by atoms with Gasteiger partial charge in [-0.1, -0.05) is 12.1 Å². The Balaban J connectivity index is 2.28. The van der Waals surface area contributed by atoms with Crippen LogP contribution in [0.25, 0.3) is 0 Å². The zero-order valence-corrected chi connectivity index (χ0v) is 11.9. The van der Waals surface area contributed by atoms with Crippen molar-refractivity contribution in [3.8, 4) is 11.6 Å². The minimum absolute atomic E-state index is 0.563. The van der Waals surface area contributed by atoms with Crippen molar-refractivity contribution in [2.24, 2.45) is 0 Å². The fourth-order valence-corrected chi connectivity index (χ4v) is 1.77. The van der Waals surface area contributed by atoms with Crippen LogP contribution in [0.1, 0.15) is 12.5 Å². The van der Waals surface area contributed by atoms with E-state index in [1.165, 1.54) is 0 Å². The van der Waals surface area contributed by atoms with Crippen molar-refractivity contribution in [2.45, 2.75) is 13.8 Å². The Kier molecular flexibility index (Phi) is 4.15. The van der Waals surface area contributed by atoms with Crippen LogP contribution in [0, 0.1) is 6.92 Å². The molecular formula is C13H14BrN3O. The second kappa shape index (κ2) is 5.82. The molecule has 1 heterocycles. The summed E-state index contributed by atoms with van der Waals surface area (Å²) in [7, 11) is 0. The Morgan fingerprint density at radius 3 is 2.83 bits per heavy atom. The first kappa shape index (κ1) is 12.8.